The lowest BCUT2D eigenvalue weighted by molar-refractivity contribution is -0.129. The molecule has 1 amide bonds. The van der Waals surface area contributed by atoms with Crippen molar-refractivity contribution in [3.63, 3.8) is 0 Å². The Balaban J connectivity index is 1.93. The molecule has 0 bridgehead atoms. The van der Waals surface area contributed by atoms with Crippen molar-refractivity contribution >= 4 is 34.8 Å². The van der Waals surface area contributed by atoms with Crippen LogP contribution in [0.25, 0.3) is 0 Å². The Morgan fingerprint density at radius 2 is 1.79 bits per heavy atom. The van der Waals surface area contributed by atoms with Crippen LogP contribution in [0.5, 0.6) is 0 Å². The minimum Gasteiger partial charge on any atom is -0.298 e. The fourth-order valence-electron chi connectivity index (χ4n) is 2.55. The summed E-state index contributed by atoms with van der Waals surface area (Å²) in [6.45, 7) is 1.79. The SMILES string of the molecule is CSC1=NC(C)(c2ccc(C=O)cc2)C(=O)N1Nc1ccccc1. The first-order chi connectivity index (χ1) is 11.6. The quantitative estimate of drug-likeness (QED) is 0.868. The Labute approximate surface area is 144 Å². The molecule has 0 saturated heterocycles. The molecule has 122 valence electrons. The van der Waals surface area contributed by atoms with Crippen LogP contribution in [0.3, 0.4) is 0 Å². The van der Waals surface area contributed by atoms with Crippen molar-refractivity contribution in [3.8, 4) is 0 Å². The molecular weight excluding hydrogens is 322 g/mol. The van der Waals surface area contributed by atoms with Crippen molar-refractivity contribution < 1.29 is 9.59 Å². The molecule has 0 radical (unpaired) electrons. The zero-order chi connectivity index (χ0) is 17.2. The van der Waals surface area contributed by atoms with E-state index in [4.69, 9.17) is 0 Å². The third-order valence-corrected chi connectivity index (χ3v) is 4.58. The highest BCUT2D eigenvalue weighted by Crippen LogP contribution is 2.35. The van der Waals surface area contributed by atoms with Gasteiger partial charge in [-0.15, -0.1) is 0 Å². The van der Waals surface area contributed by atoms with Gasteiger partial charge in [0.2, 0.25) is 0 Å². The third-order valence-electron chi connectivity index (χ3n) is 3.94. The lowest BCUT2D eigenvalue weighted by Gasteiger charge is -2.24. The predicted molar refractivity (Wildman–Crippen MR) is 97.0 cm³/mol. The number of thioether (sulfide) groups is 1. The Kier molecular flexibility index (Phi) is 4.40. The van der Waals surface area contributed by atoms with Gasteiger partial charge >= 0.3 is 0 Å². The number of aldehydes is 1. The molecule has 6 heteroatoms. The standard InChI is InChI=1S/C18H17N3O2S/c1-18(14-10-8-13(12-22)9-11-14)16(23)21(17(19-18)24-2)20-15-6-4-3-5-7-15/h3-12,20H,1-2H3. The Hall–Kier alpha value is -2.60. The molecule has 0 aromatic heterocycles. The van der Waals surface area contributed by atoms with Crippen LogP contribution >= 0.6 is 11.8 Å². The summed E-state index contributed by atoms with van der Waals surface area (Å²) in [5, 5.41) is 2.08. The summed E-state index contributed by atoms with van der Waals surface area (Å²) in [5.41, 5.74) is 4.24. The largest absolute Gasteiger partial charge is 0.298 e. The lowest BCUT2D eigenvalue weighted by atomic mass is 9.92. The molecule has 24 heavy (non-hydrogen) atoms. The van der Waals surface area contributed by atoms with Gasteiger partial charge in [-0.1, -0.05) is 54.2 Å². The molecule has 1 N–H and O–H groups in total. The van der Waals surface area contributed by atoms with E-state index in [1.165, 1.54) is 16.8 Å². The fourth-order valence-corrected chi connectivity index (χ4v) is 3.13. The van der Waals surface area contributed by atoms with Gasteiger partial charge in [-0.2, -0.15) is 5.01 Å². The molecule has 1 aliphatic rings. The Bertz CT molecular complexity index is 790. The van der Waals surface area contributed by atoms with E-state index in [1.807, 2.05) is 36.6 Å². The molecule has 5 nitrogen and oxygen atoms in total. The minimum atomic E-state index is -1.01. The van der Waals surface area contributed by atoms with Gasteiger partial charge in [0.15, 0.2) is 10.7 Å². The maximum atomic E-state index is 13.0. The van der Waals surface area contributed by atoms with Crippen molar-refractivity contribution in [2.24, 2.45) is 4.99 Å². The number of hydrazine groups is 1. The van der Waals surface area contributed by atoms with Crippen LogP contribution in [-0.4, -0.2) is 28.6 Å². The highest BCUT2D eigenvalue weighted by Gasteiger charge is 2.46. The first-order valence-electron chi connectivity index (χ1n) is 7.44. The molecule has 2 aromatic rings. The van der Waals surface area contributed by atoms with Gasteiger partial charge in [0.05, 0.1) is 5.69 Å². The maximum absolute atomic E-state index is 13.0. The van der Waals surface area contributed by atoms with Crippen molar-refractivity contribution in [2.75, 3.05) is 11.7 Å². The molecular formula is C18H17N3O2S. The van der Waals surface area contributed by atoms with E-state index < -0.39 is 5.54 Å². The summed E-state index contributed by atoms with van der Waals surface area (Å²) in [6.07, 6.45) is 2.66. The van der Waals surface area contributed by atoms with Crippen LogP contribution in [0.1, 0.15) is 22.8 Å². The van der Waals surface area contributed by atoms with E-state index in [0.717, 1.165) is 17.5 Å². The van der Waals surface area contributed by atoms with Crippen molar-refractivity contribution in [1.29, 1.82) is 0 Å². The molecule has 0 fully saturated rings. The topological polar surface area (TPSA) is 61.8 Å². The Morgan fingerprint density at radius 1 is 1.12 bits per heavy atom. The van der Waals surface area contributed by atoms with Crippen LogP contribution < -0.4 is 5.43 Å². The van der Waals surface area contributed by atoms with Crippen LogP contribution in [0.4, 0.5) is 5.69 Å². The molecule has 3 rings (SSSR count). The monoisotopic (exact) mass is 339 g/mol. The van der Waals surface area contributed by atoms with E-state index in [0.29, 0.717) is 10.7 Å². The number of rotatable bonds is 4. The number of para-hydroxylation sites is 1. The van der Waals surface area contributed by atoms with E-state index in [-0.39, 0.29) is 5.91 Å². The van der Waals surface area contributed by atoms with Gasteiger partial charge < -0.3 is 0 Å². The van der Waals surface area contributed by atoms with E-state index in [2.05, 4.69) is 10.4 Å². The number of hydrogen-bond donors (Lipinski definition) is 1. The summed E-state index contributed by atoms with van der Waals surface area (Å²) in [7, 11) is 0. The molecule has 1 atom stereocenters. The van der Waals surface area contributed by atoms with Gasteiger partial charge in [-0.25, -0.2) is 4.99 Å². The third kappa shape index (κ3) is 2.80. The van der Waals surface area contributed by atoms with Crippen molar-refractivity contribution in [3.05, 3.63) is 65.7 Å². The summed E-state index contributed by atoms with van der Waals surface area (Å²) < 4.78 is 0. The Morgan fingerprint density at radius 3 is 2.38 bits per heavy atom. The molecule has 1 aliphatic heterocycles. The zero-order valence-corrected chi connectivity index (χ0v) is 14.2. The van der Waals surface area contributed by atoms with Crippen LogP contribution in [0.2, 0.25) is 0 Å². The molecule has 0 aliphatic carbocycles. The first-order valence-corrected chi connectivity index (χ1v) is 8.67. The molecule has 1 unspecified atom stereocenters. The highest BCUT2D eigenvalue weighted by atomic mass is 32.2. The van der Waals surface area contributed by atoms with Gasteiger partial charge in [0, 0.05) is 5.56 Å². The summed E-state index contributed by atoms with van der Waals surface area (Å²) in [4.78, 5) is 28.5. The lowest BCUT2D eigenvalue weighted by Crippen LogP contribution is -2.42. The predicted octanol–water partition coefficient (Wildman–Crippen LogP) is 3.30. The number of benzene rings is 2. The summed E-state index contributed by atoms with van der Waals surface area (Å²) >= 11 is 1.40. The van der Waals surface area contributed by atoms with E-state index >= 15 is 0 Å². The van der Waals surface area contributed by atoms with E-state index in [1.54, 1.807) is 31.2 Å². The average Bonchev–Trinajstić information content (AvgIpc) is 2.88. The summed E-state index contributed by atoms with van der Waals surface area (Å²) in [6, 6.07) is 16.4. The van der Waals surface area contributed by atoms with Gasteiger partial charge in [0.1, 0.15) is 6.29 Å². The summed E-state index contributed by atoms with van der Waals surface area (Å²) in [5.74, 6) is -0.158. The number of anilines is 1. The minimum absolute atomic E-state index is 0.158. The molecule has 2 aromatic carbocycles. The molecule has 1 heterocycles. The van der Waals surface area contributed by atoms with Crippen molar-refractivity contribution in [2.45, 2.75) is 12.5 Å². The number of nitrogens with one attached hydrogen (secondary N) is 1. The first kappa shape index (κ1) is 16.3. The van der Waals surface area contributed by atoms with Crippen LogP contribution in [0, 0.1) is 0 Å². The number of hydrogen-bond acceptors (Lipinski definition) is 5. The van der Waals surface area contributed by atoms with Crippen LogP contribution in [0.15, 0.2) is 59.6 Å². The fraction of sp³-hybridized carbons (Fsp3) is 0.167. The van der Waals surface area contributed by atoms with Crippen molar-refractivity contribution in [1.82, 2.24) is 5.01 Å². The highest BCUT2D eigenvalue weighted by molar-refractivity contribution is 8.13. The van der Waals surface area contributed by atoms with Crippen LogP contribution in [-0.2, 0) is 10.3 Å². The number of nitrogens with zero attached hydrogens (tertiary/aromatic N) is 2. The maximum Gasteiger partial charge on any atom is 0.279 e. The number of amidine groups is 1. The molecule has 0 spiro atoms. The van der Waals surface area contributed by atoms with Gasteiger partial charge in [-0.3, -0.25) is 15.0 Å². The second kappa shape index (κ2) is 6.49. The van der Waals surface area contributed by atoms with Gasteiger partial charge in [0.25, 0.3) is 5.91 Å². The average molecular weight is 339 g/mol. The normalized spacial score (nSPS) is 20.0. The number of aliphatic imine (C=N–C) groups is 1. The second-order valence-electron chi connectivity index (χ2n) is 5.53. The second-order valence-corrected chi connectivity index (χ2v) is 6.30. The van der Waals surface area contributed by atoms with E-state index in [9.17, 15) is 9.59 Å². The van der Waals surface area contributed by atoms with Gasteiger partial charge in [-0.05, 0) is 30.9 Å². The number of carbonyl (C=O) groups is 2. The molecule has 0 saturated carbocycles. The number of amides is 1. The smallest absolute Gasteiger partial charge is 0.279 e. The zero-order valence-electron chi connectivity index (χ0n) is 13.4. The number of carbonyl (C=O) groups excluding carboxylic acids is 2.